The van der Waals surface area contributed by atoms with Crippen molar-refractivity contribution >= 4 is 36.5 Å². The van der Waals surface area contributed by atoms with Crippen molar-refractivity contribution in [3.8, 4) is 0 Å². The fraction of sp³-hybridized carbons (Fsp3) is 0.565. The Morgan fingerprint density at radius 3 is 2.21 bits per heavy atom. The summed E-state index contributed by atoms with van der Waals surface area (Å²) in [6.07, 6.45) is -0.196. The largest absolute Gasteiger partial charge is 0.468 e. The lowest BCUT2D eigenvalue weighted by molar-refractivity contribution is -0.144. The smallest absolute Gasteiger partial charge is 0.408 e. The van der Waals surface area contributed by atoms with Gasteiger partial charge in [-0.2, -0.15) is 12.6 Å². The summed E-state index contributed by atoms with van der Waals surface area (Å²) in [5, 5.41) is 5.07. The number of hydrogen-bond acceptors (Lipinski definition) is 7. The molecule has 10 heteroatoms. The lowest BCUT2D eigenvalue weighted by Gasteiger charge is -2.34. The van der Waals surface area contributed by atoms with Crippen molar-refractivity contribution < 1.29 is 28.7 Å². The van der Waals surface area contributed by atoms with Gasteiger partial charge in [0.25, 0.3) is 0 Å². The molecule has 0 saturated carbocycles. The Kier molecular flexibility index (Phi) is 11.2. The summed E-state index contributed by atoms with van der Waals surface area (Å²) in [7, 11) is 1.22. The standard InChI is InChI=1S/C23H35N3O6S/c1-7-12-26(21(29)17(14-33)25-22(30)32-23(3,4)5)19(16-10-8-15(2)9-11-16)20(28)24-13-18(27)31-6/h8-11,17,19,33H,7,12-14H2,1-6H3,(H,24,28)(H,25,30). The third-order valence-corrected chi connectivity index (χ3v) is 4.87. The van der Waals surface area contributed by atoms with Crippen LogP contribution < -0.4 is 10.6 Å². The minimum atomic E-state index is -1.02. The summed E-state index contributed by atoms with van der Waals surface area (Å²) in [4.78, 5) is 51.8. The van der Waals surface area contributed by atoms with Crippen LogP contribution in [0.5, 0.6) is 0 Å². The molecule has 2 unspecified atom stereocenters. The van der Waals surface area contributed by atoms with Gasteiger partial charge < -0.3 is 25.0 Å². The average molecular weight is 482 g/mol. The molecule has 0 heterocycles. The summed E-state index contributed by atoms with van der Waals surface area (Å²) >= 11 is 4.23. The van der Waals surface area contributed by atoms with Gasteiger partial charge in [-0.25, -0.2) is 4.79 Å². The number of benzene rings is 1. The Bertz CT molecular complexity index is 822. The third kappa shape index (κ3) is 9.33. The highest BCUT2D eigenvalue weighted by Crippen LogP contribution is 2.24. The van der Waals surface area contributed by atoms with E-state index < -0.39 is 41.6 Å². The van der Waals surface area contributed by atoms with Gasteiger partial charge in [0.05, 0.1) is 7.11 Å². The zero-order valence-corrected chi connectivity index (χ0v) is 21.0. The molecule has 0 spiro atoms. The van der Waals surface area contributed by atoms with Gasteiger partial charge in [-0.15, -0.1) is 0 Å². The van der Waals surface area contributed by atoms with Crippen LogP contribution in [0.15, 0.2) is 24.3 Å². The molecule has 0 aliphatic rings. The maximum Gasteiger partial charge on any atom is 0.408 e. The first-order valence-corrected chi connectivity index (χ1v) is 11.4. The molecule has 0 fully saturated rings. The molecule has 2 atom stereocenters. The van der Waals surface area contributed by atoms with Crippen molar-refractivity contribution in [3.63, 3.8) is 0 Å². The second-order valence-corrected chi connectivity index (χ2v) is 8.89. The van der Waals surface area contributed by atoms with Gasteiger partial charge in [-0.1, -0.05) is 36.8 Å². The van der Waals surface area contributed by atoms with Gasteiger partial charge in [0.1, 0.15) is 24.2 Å². The van der Waals surface area contributed by atoms with Crippen LogP contribution in [0.4, 0.5) is 4.79 Å². The number of nitrogens with zero attached hydrogens (tertiary/aromatic N) is 1. The number of esters is 1. The lowest BCUT2D eigenvalue weighted by atomic mass is 10.0. The summed E-state index contributed by atoms with van der Waals surface area (Å²) in [6.45, 7) is 8.83. The highest BCUT2D eigenvalue weighted by atomic mass is 32.1. The number of ether oxygens (including phenoxy) is 2. The van der Waals surface area contributed by atoms with Crippen LogP contribution in [0.3, 0.4) is 0 Å². The van der Waals surface area contributed by atoms with E-state index in [4.69, 9.17) is 4.74 Å². The molecule has 1 rings (SSSR count). The first-order valence-electron chi connectivity index (χ1n) is 10.7. The molecular weight excluding hydrogens is 446 g/mol. The van der Waals surface area contributed by atoms with Gasteiger partial charge in [-0.3, -0.25) is 14.4 Å². The van der Waals surface area contributed by atoms with Gasteiger partial charge in [0, 0.05) is 12.3 Å². The van der Waals surface area contributed by atoms with Gasteiger partial charge in [0.2, 0.25) is 11.8 Å². The van der Waals surface area contributed by atoms with Crippen LogP contribution in [0, 0.1) is 6.92 Å². The van der Waals surface area contributed by atoms with Gasteiger partial charge in [0.15, 0.2) is 0 Å². The number of nitrogens with one attached hydrogen (secondary N) is 2. The van der Waals surface area contributed by atoms with Crippen LogP contribution in [-0.4, -0.2) is 66.4 Å². The van der Waals surface area contributed by atoms with Crippen molar-refractivity contribution in [3.05, 3.63) is 35.4 Å². The molecule has 0 bridgehead atoms. The van der Waals surface area contributed by atoms with E-state index in [2.05, 4.69) is 28.0 Å². The summed E-state index contributed by atoms with van der Waals surface area (Å²) in [5.74, 6) is -1.64. The van der Waals surface area contributed by atoms with Gasteiger partial charge in [-0.05, 0) is 39.7 Å². The quantitative estimate of drug-likeness (QED) is 0.349. The van der Waals surface area contributed by atoms with E-state index in [0.29, 0.717) is 12.0 Å². The normalized spacial score (nSPS) is 12.8. The van der Waals surface area contributed by atoms with E-state index in [-0.39, 0.29) is 18.8 Å². The second kappa shape index (κ2) is 13.1. The molecule has 184 valence electrons. The van der Waals surface area contributed by atoms with Crippen molar-refractivity contribution in [1.29, 1.82) is 0 Å². The summed E-state index contributed by atoms with van der Waals surface area (Å²) < 4.78 is 9.85. The molecule has 1 aromatic rings. The topological polar surface area (TPSA) is 114 Å². The molecule has 0 aliphatic heterocycles. The van der Waals surface area contributed by atoms with Crippen LogP contribution in [-0.2, 0) is 23.9 Å². The minimum Gasteiger partial charge on any atom is -0.468 e. The predicted octanol–water partition coefficient (Wildman–Crippen LogP) is 2.39. The molecule has 0 aliphatic carbocycles. The van der Waals surface area contributed by atoms with Gasteiger partial charge >= 0.3 is 12.1 Å². The molecule has 1 aromatic carbocycles. The monoisotopic (exact) mass is 481 g/mol. The van der Waals surface area contributed by atoms with E-state index in [9.17, 15) is 19.2 Å². The van der Waals surface area contributed by atoms with E-state index >= 15 is 0 Å². The average Bonchev–Trinajstić information content (AvgIpc) is 2.74. The first kappa shape index (κ1) is 28.3. The highest BCUT2D eigenvalue weighted by molar-refractivity contribution is 7.80. The van der Waals surface area contributed by atoms with E-state index in [1.165, 1.54) is 12.0 Å². The van der Waals surface area contributed by atoms with Crippen molar-refractivity contribution in [2.75, 3.05) is 26.0 Å². The number of carbonyl (C=O) groups is 4. The Labute approximate surface area is 201 Å². The number of alkyl carbamates (subject to hydrolysis) is 1. The summed E-state index contributed by atoms with van der Waals surface area (Å²) in [6, 6.07) is 5.13. The maximum atomic E-state index is 13.5. The molecule has 2 N–H and O–H groups in total. The fourth-order valence-corrected chi connectivity index (χ4v) is 3.24. The Hall–Kier alpha value is -2.75. The van der Waals surface area contributed by atoms with E-state index in [0.717, 1.165) is 5.56 Å². The van der Waals surface area contributed by atoms with Crippen LogP contribution >= 0.6 is 12.6 Å². The molecule has 0 radical (unpaired) electrons. The Morgan fingerprint density at radius 1 is 1.12 bits per heavy atom. The molecule has 33 heavy (non-hydrogen) atoms. The molecule has 0 saturated heterocycles. The molecule has 3 amide bonds. The first-order chi connectivity index (χ1) is 15.4. The van der Waals surface area contributed by atoms with Crippen LogP contribution in [0.2, 0.25) is 0 Å². The van der Waals surface area contributed by atoms with Crippen molar-refractivity contribution in [2.24, 2.45) is 0 Å². The number of thiol groups is 1. The lowest BCUT2D eigenvalue weighted by Crippen LogP contribution is -2.54. The zero-order valence-electron chi connectivity index (χ0n) is 20.1. The second-order valence-electron chi connectivity index (χ2n) is 8.52. The maximum absolute atomic E-state index is 13.5. The molecule has 9 nitrogen and oxygen atoms in total. The third-order valence-electron chi connectivity index (χ3n) is 4.51. The Morgan fingerprint density at radius 2 is 1.73 bits per heavy atom. The van der Waals surface area contributed by atoms with Crippen molar-refractivity contribution in [2.45, 2.75) is 58.7 Å². The van der Waals surface area contributed by atoms with E-state index in [1.54, 1.807) is 32.9 Å². The number of amides is 3. The highest BCUT2D eigenvalue weighted by Gasteiger charge is 2.35. The SMILES string of the molecule is CCCN(C(=O)C(CS)NC(=O)OC(C)(C)C)C(C(=O)NCC(=O)OC)c1ccc(C)cc1. The molecular formula is C23H35N3O6S. The van der Waals surface area contributed by atoms with Crippen LogP contribution in [0.25, 0.3) is 0 Å². The van der Waals surface area contributed by atoms with Crippen LogP contribution in [0.1, 0.15) is 51.3 Å². The summed E-state index contributed by atoms with van der Waals surface area (Å²) in [5.41, 5.74) is 0.816. The molecule has 0 aromatic heterocycles. The fourth-order valence-electron chi connectivity index (χ4n) is 2.99. The number of methoxy groups -OCH3 is 1. The number of rotatable bonds is 10. The van der Waals surface area contributed by atoms with E-state index in [1.807, 2.05) is 26.0 Å². The number of aryl methyl sites for hydroxylation is 1. The predicted molar refractivity (Wildman–Crippen MR) is 128 cm³/mol. The number of hydrogen-bond donors (Lipinski definition) is 3. The van der Waals surface area contributed by atoms with Crippen molar-refractivity contribution in [1.82, 2.24) is 15.5 Å². The number of carbonyl (C=O) groups excluding carboxylic acids is 4. The zero-order chi connectivity index (χ0) is 25.2. The minimum absolute atomic E-state index is 0.00267. The Balaban J connectivity index is 3.28.